The first-order chi connectivity index (χ1) is 20.3. The van der Waals surface area contributed by atoms with Crippen LogP contribution in [0.25, 0.3) is 22.2 Å². The van der Waals surface area contributed by atoms with Crippen LogP contribution in [0, 0.1) is 0 Å². The number of rotatable bonds is 10. The van der Waals surface area contributed by atoms with E-state index in [-0.39, 0.29) is 24.4 Å². The summed E-state index contributed by atoms with van der Waals surface area (Å²) in [5.74, 6) is 1.20. The normalized spacial score (nSPS) is 15.1. The van der Waals surface area contributed by atoms with Crippen molar-refractivity contribution < 1.29 is 13.6 Å². The molecular formula is C30H35F2N9O. The highest BCUT2D eigenvalue weighted by Gasteiger charge is 2.25. The summed E-state index contributed by atoms with van der Waals surface area (Å²) in [7, 11) is 3.56. The van der Waals surface area contributed by atoms with Crippen LogP contribution in [-0.2, 0) is 0 Å². The predicted octanol–water partition coefficient (Wildman–Crippen LogP) is 4.22. The maximum absolute atomic E-state index is 12.7. The van der Waals surface area contributed by atoms with Gasteiger partial charge in [-0.05, 0) is 24.5 Å². The molecule has 4 heterocycles. The van der Waals surface area contributed by atoms with Gasteiger partial charge in [-0.25, -0.2) is 28.7 Å². The molecule has 0 spiro atoms. The zero-order valence-electron chi connectivity index (χ0n) is 24.0. The van der Waals surface area contributed by atoms with Gasteiger partial charge < -0.3 is 15.5 Å². The largest absolute Gasteiger partial charge is 0.369 e. The first-order valence-corrected chi connectivity index (χ1v) is 14.1. The fourth-order valence-electron chi connectivity index (χ4n) is 5.39. The van der Waals surface area contributed by atoms with Crippen LogP contribution in [0.4, 0.5) is 20.5 Å². The van der Waals surface area contributed by atoms with Crippen LogP contribution >= 0.6 is 0 Å². The topological polar surface area (TPSA) is 112 Å². The second-order valence-electron chi connectivity index (χ2n) is 10.6. The van der Waals surface area contributed by atoms with E-state index in [1.54, 1.807) is 31.7 Å². The average Bonchev–Trinajstić information content (AvgIpc) is 3.02. The second-order valence-corrected chi connectivity index (χ2v) is 10.6. The number of hydrogen-bond acceptors (Lipinski definition) is 9. The van der Waals surface area contributed by atoms with E-state index in [0.29, 0.717) is 42.7 Å². The van der Waals surface area contributed by atoms with Gasteiger partial charge in [0.05, 0.1) is 23.3 Å². The van der Waals surface area contributed by atoms with Crippen molar-refractivity contribution in [3.63, 3.8) is 0 Å². The molecule has 3 aromatic heterocycles. The lowest BCUT2D eigenvalue weighted by molar-refractivity contribution is 0.0754. The summed E-state index contributed by atoms with van der Waals surface area (Å²) >= 11 is 0. The number of hydrogen-bond donors (Lipinski definition) is 2. The summed E-state index contributed by atoms with van der Waals surface area (Å²) in [6.45, 7) is 3.81. The van der Waals surface area contributed by atoms with Gasteiger partial charge in [0.2, 0.25) is 5.95 Å². The molecule has 2 N–H and O–H groups in total. The molecule has 1 amide bonds. The number of carbonyl (C=O) groups is 1. The molecule has 1 saturated heterocycles. The number of alkyl halides is 2. The Morgan fingerprint density at radius 3 is 2.57 bits per heavy atom. The molecule has 0 unspecified atom stereocenters. The Balaban J connectivity index is 1.23. The van der Waals surface area contributed by atoms with Crippen LogP contribution in [0.5, 0.6) is 0 Å². The Hall–Kier alpha value is -4.32. The minimum Gasteiger partial charge on any atom is -0.369 e. The maximum atomic E-state index is 12.7. The Labute approximate surface area is 243 Å². The minimum absolute atomic E-state index is 0.0833. The SMILES string of the molecule is CNC(=O)c1ccnc2c([C@H](C)CNc3cc(-c4cnc(N(C)C5CCN(CC(F)F)CC5)nc4)ncn3)cccc12. The number of nitrogens with zero attached hydrogens (tertiary/aromatic N) is 7. The van der Waals surface area contributed by atoms with Crippen molar-refractivity contribution in [2.45, 2.75) is 38.2 Å². The van der Waals surface area contributed by atoms with Gasteiger partial charge in [-0.15, -0.1) is 0 Å². The number of likely N-dealkylation sites (tertiary alicyclic amines) is 1. The van der Waals surface area contributed by atoms with Gasteiger partial charge in [-0.2, -0.15) is 0 Å². The van der Waals surface area contributed by atoms with Crippen LogP contribution in [-0.4, -0.2) is 88.5 Å². The first-order valence-electron chi connectivity index (χ1n) is 14.1. The maximum Gasteiger partial charge on any atom is 0.251 e. The van der Waals surface area contributed by atoms with Crippen molar-refractivity contribution >= 4 is 28.6 Å². The number of amides is 1. The zero-order valence-corrected chi connectivity index (χ0v) is 24.0. The van der Waals surface area contributed by atoms with E-state index < -0.39 is 6.43 Å². The van der Waals surface area contributed by atoms with Gasteiger partial charge in [-0.1, -0.05) is 25.1 Å². The van der Waals surface area contributed by atoms with Crippen molar-refractivity contribution in [3.05, 3.63) is 66.4 Å². The quantitative estimate of drug-likeness (QED) is 0.287. The van der Waals surface area contributed by atoms with E-state index in [2.05, 4.69) is 42.5 Å². The molecule has 1 aromatic carbocycles. The smallest absolute Gasteiger partial charge is 0.251 e. The fourth-order valence-corrected chi connectivity index (χ4v) is 5.39. The fraction of sp³-hybridized carbons (Fsp3) is 0.400. The highest BCUT2D eigenvalue weighted by atomic mass is 19.3. The third-order valence-corrected chi connectivity index (χ3v) is 7.81. The molecule has 10 nitrogen and oxygen atoms in total. The van der Waals surface area contributed by atoms with Crippen molar-refractivity contribution in [1.29, 1.82) is 0 Å². The van der Waals surface area contributed by atoms with Crippen LogP contribution in [0.15, 0.2) is 55.2 Å². The molecule has 1 fully saturated rings. The third-order valence-electron chi connectivity index (χ3n) is 7.81. The number of aromatic nitrogens is 5. The van der Waals surface area contributed by atoms with Gasteiger partial charge >= 0.3 is 0 Å². The Morgan fingerprint density at radius 2 is 1.86 bits per heavy atom. The molecule has 5 rings (SSSR count). The van der Waals surface area contributed by atoms with Crippen molar-refractivity contribution in [1.82, 2.24) is 35.1 Å². The van der Waals surface area contributed by atoms with Gasteiger partial charge in [0, 0.05) is 81.3 Å². The number of benzene rings is 1. The number of pyridine rings is 1. The number of carbonyl (C=O) groups excluding carboxylic acids is 1. The number of fused-ring (bicyclic) bond motifs is 1. The number of para-hydroxylation sites is 1. The number of halogens is 2. The Bertz CT molecular complexity index is 1510. The number of piperidine rings is 1. The molecule has 42 heavy (non-hydrogen) atoms. The van der Waals surface area contributed by atoms with E-state index in [4.69, 9.17) is 0 Å². The summed E-state index contributed by atoms with van der Waals surface area (Å²) in [5, 5.41) is 6.90. The van der Waals surface area contributed by atoms with E-state index >= 15 is 0 Å². The Morgan fingerprint density at radius 1 is 1.10 bits per heavy atom. The summed E-state index contributed by atoms with van der Waals surface area (Å²) < 4.78 is 25.4. The predicted molar refractivity (Wildman–Crippen MR) is 159 cm³/mol. The van der Waals surface area contributed by atoms with Crippen LogP contribution in [0.3, 0.4) is 0 Å². The van der Waals surface area contributed by atoms with E-state index in [1.807, 2.05) is 41.1 Å². The molecule has 220 valence electrons. The lowest BCUT2D eigenvalue weighted by atomic mass is 9.96. The van der Waals surface area contributed by atoms with Crippen molar-refractivity contribution in [2.24, 2.45) is 0 Å². The lowest BCUT2D eigenvalue weighted by Crippen LogP contribution is -2.45. The summed E-state index contributed by atoms with van der Waals surface area (Å²) in [6, 6.07) is 9.68. The Kier molecular flexibility index (Phi) is 9.11. The van der Waals surface area contributed by atoms with Crippen molar-refractivity contribution in [3.8, 4) is 11.3 Å². The minimum atomic E-state index is -2.30. The summed E-state index contributed by atoms with van der Waals surface area (Å²) in [6.07, 6.45) is 5.93. The van der Waals surface area contributed by atoms with E-state index in [9.17, 15) is 13.6 Å². The zero-order chi connectivity index (χ0) is 29.6. The molecule has 12 heteroatoms. The molecule has 0 bridgehead atoms. The molecule has 1 atom stereocenters. The molecular weight excluding hydrogens is 540 g/mol. The molecule has 0 aliphatic carbocycles. The van der Waals surface area contributed by atoms with Gasteiger partial charge in [0.15, 0.2) is 0 Å². The van der Waals surface area contributed by atoms with Gasteiger partial charge in [-0.3, -0.25) is 14.7 Å². The van der Waals surface area contributed by atoms with Crippen LogP contribution in [0.2, 0.25) is 0 Å². The van der Waals surface area contributed by atoms with Gasteiger partial charge in [0.1, 0.15) is 12.1 Å². The van der Waals surface area contributed by atoms with Crippen LogP contribution < -0.4 is 15.5 Å². The monoisotopic (exact) mass is 575 g/mol. The first kappa shape index (κ1) is 29.2. The molecule has 0 radical (unpaired) electrons. The van der Waals surface area contributed by atoms with E-state index in [1.165, 1.54) is 6.33 Å². The van der Waals surface area contributed by atoms with Gasteiger partial charge in [0.25, 0.3) is 12.3 Å². The second kappa shape index (κ2) is 13.1. The molecule has 1 aliphatic rings. The number of anilines is 2. The average molecular weight is 576 g/mol. The highest BCUT2D eigenvalue weighted by Crippen LogP contribution is 2.27. The van der Waals surface area contributed by atoms with Crippen LogP contribution in [0.1, 0.15) is 41.6 Å². The molecule has 4 aromatic rings. The van der Waals surface area contributed by atoms with E-state index in [0.717, 1.165) is 34.9 Å². The molecule has 0 saturated carbocycles. The summed E-state index contributed by atoms with van der Waals surface area (Å²) in [4.78, 5) is 38.6. The standard InChI is InChI=1S/C30H35F2N9O/c1-19(22-5-4-6-23-24(29(42)33-2)7-10-34-28(22)23)14-35-27-13-25(38-18-39-27)20-15-36-30(37-16-20)40(3)21-8-11-41(12-9-21)17-26(31)32/h4-7,10,13,15-16,18-19,21,26H,8-9,11-12,14,17H2,1-3H3,(H,33,42)(H,35,38,39)/t19-/m1/s1. The number of nitrogens with one attached hydrogen (secondary N) is 2. The highest BCUT2D eigenvalue weighted by molar-refractivity contribution is 6.06. The third kappa shape index (κ3) is 6.59. The summed E-state index contributed by atoms with van der Waals surface area (Å²) in [5.41, 5.74) is 3.89. The van der Waals surface area contributed by atoms with Crippen molar-refractivity contribution in [2.75, 3.05) is 50.5 Å². The molecule has 1 aliphatic heterocycles. The lowest BCUT2D eigenvalue weighted by Gasteiger charge is -2.36.